The predicted octanol–water partition coefficient (Wildman–Crippen LogP) is 4.10. The van der Waals surface area contributed by atoms with Crippen molar-refractivity contribution in [2.45, 2.75) is 33.7 Å². The van der Waals surface area contributed by atoms with Crippen LogP contribution < -0.4 is 5.32 Å². The highest BCUT2D eigenvalue weighted by atomic mass is 14.9. The number of aromatic nitrogens is 1. The topological polar surface area (TPSA) is 24.9 Å². The van der Waals surface area contributed by atoms with Gasteiger partial charge in [-0.05, 0) is 49.6 Å². The molecule has 0 amide bonds. The van der Waals surface area contributed by atoms with E-state index in [-0.39, 0.29) is 0 Å². The molecule has 2 nitrogen and oxygen atoms in total. The van der Waals surface area contributed by atoms with Crippen LogP contribution in [0.1, 0.15) is 38.1 Å². The quantitative estimate of drug-likeness (QED) is 0.891. The second-order valence-corrected chi connectivity index (χ2v) is 5.77. The van der Waals surface area contributed by atoms with Gasteiger partial charge in [0.05, 0.1) is 5.52 Å². The molecule has 0 radical (unpaired) electrons. The molecule has 0 fully saturated rings. The van der Waals surface area contributed by atoms with E-state index in [9.17, 15) is 0 Å². The van der Waals surface area contributed by atoms with Crippen molar-refractivity contribution in [3.8, 4) is 0 Å². The Kier molecular flexibility index (Phi) is 4.20. The van der Waals surface area contributed by atoms with Gasteiger partial charge in [-0.3, -0.25) is 4.98 Å². The zero-order chi connectivity index (χ0) is 14.0. The molecule has 0 spiro atoms. The van der Waals surface area contributed by atoms with Crippen molar-refractivity contribution >= 4 is 10.9 Å². The molecule has 1 heterocycles. The molecule has 19 heavy (non-hydrogen) atoms. The number of nitrogens with one attached hydrogen (secondary N) is 1. The van der Waals surface area contributed by atoms with Crippen LogP contribution in [0.25, 0.3) is 10.9 Å². The van der Waals surface area contributed by atoms with Crippen molar-refractivity contribution in [1.29, 1.82) is 0 Å². The molecule has 102 valence electrons. The molecule has 2 heteroatoms. The Labute approximate surface area is 116 Å². The third-order valence-electron chi connectivity index (χ3n) is 4.10. The van der Waals surface area contributed by atoms with Gasteiger partial charge in [-0.25, -0.2) is 0 Å². The molecule has 0 saturated carbocycles. The van der Waals surface area contributed by atoms with Crippen LogP contribution in [0.4, 0.5) is 0 Å². The molecule has 1 N–H and O–H groups in total. The van der Waals surface area contributed by atoms with Gasteiger partial charge in [0.1, 0.15) is 0 Å². The summed E-state index contributed by atoms with van der Waals surface area (Å²) in [7, 11) is 2.04. The summed E-state index contributed by atoms with van der Waals surface area (Å²) in [4.78, 5) is 4.56. The zero-order valence-corrected chi connectivity index (χ0v) is 12.6. The zero-order valence-electron chi connectivity index (χ0n) is 12.6. The molecule has 2 unspecified atom stereocenters. The predicted molar refractivity (Wildman–Crippen MR) is 82.3 cm³/mol. The lowest BCUT2D eigenvalue weighted by molar-refractivity contribution is 0.317. The van der Waals surface area contributed by atoms with Crippen LogP contribution in [-0.2, 0) is 0 Å². The average molecular weight is 256 g/mol. The molecule has 0 aliphatic carbocycles. The highest BCUT2D eigenvalue weighted by molar-refractivity contribution is 5.79. The van der Waals surface area contributed by atoms with Crippen molar-refractivity contribution < 1.29 is 0 Å². The van der Waals surface area contributed by atoms with E-state index in [2.05, 4.69) is 61.4 Å². The van der Waals surface area contributed by atoms with Gasteiger partial charge in [-0.15, -0.1) is 0 Å². The SMILES string of the molecule is CNC(c1ccc2nc(C)ccc2c1)C(C)C(C)C. The summed E-state index contributed by atoms with van der Waals surface area (Å²) in [5.74, 6) is 1.25. The Bertz CT molecular complexity index is 560. The molecule has 2 rings (SSSR count). The van der Waals surface area contributed by atoms with E-state index < -0.39 is 0 Å². The molecule has 1 aromatic heterocycles. The van der Waals surface area contributed by atoms with E-state index in [0.717, 1.165) is 11.2 Å². The van der Waals surface area contributed by atoms with Gasteiger partial charge in [0.2, 0.25) is 0 Å². The maximum atomic E-state index is 4.56. The monoisotopic (exact) mass is 256 g/mol. The summed E-state index contributed by atoms with van der Waals surface area (Å²) in [5.41, 5.74) is 3.50. The Balaban J connectivity index is 2.41. The van der Waals surface area contributed by atoms with Crippen molar-refractivity contribution in [2.24, 2.45) is 11.8 Å². The fourth-order valence-corrected chi connectivity index (χ4v) is 2.56. The molecule has 1 aromatic carbocycles. The minimum absolute atomic E-state index is 0.394. The lowest BCUT2D eigenvalue weighted by Gasteiger charge is -2.27. The number of aryl methyl sites for hydroxylation is 1. The number of hydrogen-bond acceptors (Lipinski definition) is 2. The minimum Gasteiger partial charge on any atom is -0.313 e. The largest absolute Gasteiger partial charge is 0.313 e. The van der Waals surface area contributed by atoms with E-state index in [0.29, 0.717) is 17.9 Å². The standard InChI is InChI=1S/C17H24N2/c1-11(2)13(4)17(18-5)15-8-9-16-14(10-15)7-6-12(3)19-16/h6-11,13,17-18H,1-5H3. The normalized spacial score (nSPS) is 14.8. The summed E-state index contributed by atoms with van der Waals surface area (Å²) in [5, 5.41) is 4.68. The van der Waals surface area contributed by atoms with Crippen LogP contribution in [-0.4, -0.2) is 12.0 Å². The lowest BCUT2D eigenvalue weighted by atomic mass is 9.86. The Morgan fingerprint density at radius 2 is 1.79 bits per heavy atom. The van der Waals surface area contributed by atoms with E-state index in [1.54, 1.807) is 0 Å². The first-order valence-corrected chi connectivity index (χ1v) is 7.07. The molecule has 2 atom stereocenters. The highest BCUT2D eigenvalue weighted by Gasteiger charge is 2.20. The van der Waals surface area contributed by atoms with Gasteiger partial charge in [-0.1, -0.05) is 32.9 Å². The summed E-state index contributed by atoms with van der Waals surface area (Å²) >= 11 is 0. The number of benzene rings is 1. The molecular formula is C17H24N2. The second-order valence-electron chi connectivity index (χ2n) is 5.77. The Morgan fingerprint density at radius 1 is 1.05 bits per heavy atom. The maximum Gasteiger partial charge on any atom is 0.0705 e. The summed E-state index contributed by atoms with van der Waals surface area (Å²) in [6.45, 7) is 8.90. The number of hydrogen-bond donors (Lipinski definition) is 1. The third kappa shape index (κ3) is 2.95. The van der Waals surface area contributed by atoms with Crippen LogP contribution >= 0.6 is 0 Å². The fourth-order valence-electron chi connectivity index (χ4n) is 2.56. The minimum atomic E-state index is 0.394. The molecule has 2 aromatic rings. The van der Waals surface area contributed by atoms with Gasteiger partial charge < -0.3 is 5.32 Å². The summed E-state index contributed by atoms with van der Waals surface area (Å²) in [6, 6.07) is 11.2. The van der Waals surface area contributed by atoms with Crippen molar-refractivity contribution in [1.82, 2.24) is 10.3 Å². The smallest absolute Gasteiger partial charge is 0.0705 e. The number of rotatable bonds is 4. The summed E-state index contributed by atoms with van der Waals surface area (Å²) < 4.78 is 0. The number of fused-ring (bicyclic) bond motifs is 1. The maximum absolute atomic E-state index is 4.56. The lowest BCUT2D eigenvalue weighted by Crippen LogP contribution is -2.26. The van der Waals surface area contributed by atoms with Gasteiger partial charge >= 0.3 is 0 Å². The highest BCUT2D eigenvalue weighted by Crippen LogP contribution is 2.29. The fraction of sp³-hybridized carbons (Fsp3) is 0.471. The molecule has 0 bridgehead atoms. The van der Waals surface area contributed by atoms with Gasteiger partial charge in [0, 0.05) is 17.1 Å². The van der Waals surface area contributed by atoms with Crippen LogP contribution in [0, 0.1) is 18.8 Å². The molecular weight excluding hydrogens is 232 g/mol. The first-order valence-electron chi connectivity index (χ1n) is 7.07. The molecule has 0 aliphatic rings. The molecule has 0 saturated heterocycles. The van der Waals surface area contributed by atoms with E-state index in [1.165, 1.54) is 10.9 Å². The van der Waals surface area contributed by atoms with Crippen LogP contribution in [0.15, 0.2) is 30.3 Å². The van der Waals surface area contributed by atoms with E-state index in [1.807, 2.05) is 14.0 Å². The van der Waals surface area contributed by atoms with Crippen LogP contribution in [0.2, 0.25) is 0 Å². The average Bonchev–Trinajstić information content (AvgIpc) is 2.39. The van der Waals surface area contributed by atoms with Crippen molar-refractivity contribution in [2.75, 3.05) is 7.05 Å². The second kappa shape index (κ2) is 5.70. The van der Waals surface area contributed by atoms with Crippen LogP contribution in [0.3, 0.4) is 0 Å². The van der Waals surface area contributed by atoms with E-state index in [4.69, 9.17) is 0 Å². The first kappa shape index (κ1) is 14.0. The molecule has 0 aliphatic heterocycles. The third-order valence-corrected chi connectivity index (χ3v) is 4.10. The summed E-state index contributed by atoms with van der Waals surface area (Å²) in [6.07, 6.45) is 0. The number of nitrogens with zero attached hydrogens (tertiary/aromatic N) is 1. The Morgan fingerprint density at radius 3 is 2.42 bits per heavy atom. The van der Waals surface area contributed by atoms with Crippen LogP contribution in [0.5, 0.6) is 0 Å². The van der Waals surface area contributed by atoms with Gasteiger partial charge in [0.25, 0.3) is 0 Å². The van der Waals surface area contributed by atoms with Crippen molar-refractivity contribution in [3.63, 3.8) is 0 Å². The first-order chi connectivity index (χ1) is 9.02. The van der Waals surface area contributed by atoms with E-state index >= 15 is 0 Å². The van der Waals surface area contributed by atoms with Gasteiger partial charge in [-0.2, -0.15) is 0 Å². The van der Waals surface area contributed by atoms with Gasteiger partial charge in [0.15, 0.2) is 0 Å². The number of pyridine rings is 1. The Hall–Kier alpha value is -1.41. The van der Waals surface area contributed by atoms with Crippen molar-refractivity contribution in [3.05, 3.63) is 41.6 Å².